The number of halogens is 3. The Labute approximate surface area is 112 Å². The summed E-state index contributed by atoms with van der Waals surface area (Å²) in [6.45, 7) is 4.75. The molecule has 1 unspecified atom stereocenters. The van der Waals surface area contributed by atoms with Gasteiger partial charge in [0.2, 0.25) is 0 Å². The molecular formula is C10H16F3NO4S. The third-order valence-electron chi connectivity index (χ3n) is 1.54. The number of thioether (sulfide) groups is 1. The SMILES string of the molecule is CC(C)(C)OC(=O)NC(CSCC(F)(F)F)C(=O)O. The molecule has 0 saturated carbocycles. The maximum atomic E-state index is 11.9. The second kappa shape index (κ2) is 6.88. The summed E-state index contributed by atoms with van der Waals surface area (Å²) in [6.07, 6.45) is -5.35. The van der Waals surface area contributed by atoms with Gasteiger partial charge in [0.1, 0.15) is 11.6 Å². The number of alkyl carbamates (subject to hydrolysis) is 1. The lowest BCUT2D eigenvalue weighted by molar-refractivity contribution is -0.138. The summed E-state index contributed by atoms with van der Waals surface area (Å²) in [5.41, 5.74) is -0.813. The van der Waals surface area contributed by atoms with Crippen LogP contribution in [0.25, 0.3) is 0 Å². The van der Waals surface area contributed by atoms with E-state index in [1.807, 2.05) is 5.32 Å². The van der Waals surface area contributed by atoms with Crippen molar-refractivity contribution in [3.8, 4) is 0 Å². The minimum atomic E-state index is -4.38. The monoisotopic (exact) mass is 303 g/mol. The number of amides is 1. The zero-order chi connectivity index (χ0) is 15.3. The van der Waals surface area contributed by atoms with E-state index in [2.05, 4.69) is 0 Å². The van der Waals surface area contributed by atoms with Crippen LogP contribution in [0.3, 0.4) is 0 Å². The zero-order valence-corrected chi connectivity index (χ0v) is 11.5. The summed E-state index contributed by atoms with van der Waals surface area (Å²) in [7, 11) is 0. The predicted molar refractivity (Wildman–Crippen MR) is 64.2 cm³/mol. The molecule has 0 aliphatic carbocycles. The van der Waals surface area contributed by atoms with Gasteiger partial charge in [-0.15, -0.1) is 11.8 Å². The number of ether oxygens (including phenoxy) is 1. The topological polar surface area (TPSA) is 75.6 Å². The number of carbonyl (C=O) groups is 2. The fourth-order valence-electron chi connectivity index (χ4n) is 0.917. The minimum Gasteiger partial charge on any atom is -0.480 e. The fraction of sp³-hybridized carbons (Fsp3) is 0.800. The van der Waals surface area contributed by atoms with Crippen molar-refractivity contribution in [1.82, 2.24) is 5.32 Å². The molecular weight excluding hydrogens is 287 g/mol. The van der Waals surface area contributed by atoms with Gasteiger partial charge in [0, 0.05) is 5.75 Å². The molecule has 0 aromatic heterocycles. The number of carbonyl (C=O) groups excluding carboxylic acids is 1. The number of rotatable bonds is 5. The molecule has 0 spiro atoms. The molecule has 5 nitrogen and oxygen atoms in total. The first-order chi connectivity index (χ1) is 8.41. The molecule has 0 aliphatic rings. The Morgan fingerprint density at radius 2 is 1.84 bits per heavy atom. The lowest BCUT2D eigenvalue weighted by Crippen LogP contribution is -2.45. The highest BCUT2D eigenvalue weighted by molar-refractivity contribution is 7.99. The third kappa shape index (κ3) is 10.5. The molecule has 0 saturated heterocycles. The van der Waals surface area contributed by atoms with Crippen LogP contribution in [0.4, 0.5) is 18.0 Å². The zero-order valence-electron chi connectivity index (χ0n) is 10.7. The number of hydrogen-bond acceptors (Lipinski definition) is 4. The second-order valence-electron chi connectivity index (χ2n) is 4.67. The molecule has 112 valence electrons. The number of alkyl halides is 3. The van der Waals surface area contributed by atoms with Crippen LogP contribution in [-0.2, 0) is 9.53 Å². The van der Waals surface area contributed by atoms with E-state index in [-0.39, 0.29) is 0 Å². The van der Waals surface area contributed by atoms with Crippen LogP contribution in [0.15, 0.2) is 0 Å². The summed E-state index contributed by atoms with van der Waals surface area (Å²) >= 11 is 0.380. The summed E-state index contributed by atoms with van der Waals surface area (Å²) < 4.78 is 40.6. The van der Waals surface area contributed by atoms with E-state index in [0.29, 0.717) is 11.8 Å². The molecule has 9 heteroatoms. The van der Waals surface area contributed by atoms with Gasteiger partial charge in [-0.05, 0) is 20.8 Å². The van der Waals surface area contributed by atoms with Gasteiger partial charge >= 0.3 is 18.2 Å². The summed E-state index contributed by atoms with van der Waals surface area (Å²) in [5, 5.41) is 10.8. The standard InChI is InChI=1S/C10H16F3NO4S/c1-9(2,3)18-8(17)14-6(7(15)16)4-19-5-10(11,12)13/h6H,4-5H2,1-3H3,(H,14,17)(H,15,16). The molecule has 0 fully saturated rings. The van der Waals surface area contributed by atoms with E-state index in [9.17, 15) is 22.8 Å². The highest BCUT2D eigenvalue weighted by atomic mass is 32.2. The smallest absolute Gasteiger partial charge is 0.408 e. The molecule has 0 aromatic carbocycles. The molecule has 0 heterocycles. The Morgan fingerprint density at radius 3 is 2.21 bits per heavy atom. The number of nitrogens with one attached hydrogen (secondary N) is 1. The molecule has 1 amide bonds. The second-order valence-corrected chi connectivity index (χ2v) is 5.70. The Bertz CT molecular complexity index is 328. The lowest BCUT2D eigenvalue weighted by atomic mass is 10.2. The first-order valence-electron chi connectivity index (χ1n) is 5.27. The first kappa shape index (κ1) is 17.9. The largest absolute Gasteiger partial charge is 0.480 e. The quantitative estimate of drug-likeness (QED) is 0.815. The Hall–Kier alpha value is -1.12. The molecule has 0 bridgehead atoms. The molecule has 0 rings (SSSR count). The van der Waals surface area contributed by atoms with E-state index in [1.54, 1.807) is 20.8 Å². The van der Waals surface area contributed by atoms with Crippen LogP contribution in [0.5, 0.6) is 0 Å². The number of carboxylic acids is 1. The molecule has 0 aromatic rings. The van der Waals surface area contributed by atoms with Crippen molar-refractivity contribution in [1.29, 1.82) is 0 Å². The number of carboxylic acid groups (broad SMARTS) is 1. The average Bonchev–Trinajstić information content (AvgIpc) is 2.10. The van der Waals surface area contributed by atoms with Crippen molar-refractivity contribution < 1.29 is 32.6 Å². The van der Waals surface area contributed by atoms with E-state index in [1.165, 1.54) is 0 Å². The molecule has 0 aliphatic heterocycles. The van der Waals surface area contributed by atoms with Crippen molar-refractivity contribution in [3.63, 3.8) is 0 Å². The van der Waals surface area contributed by atoms with Crippen molar-refractivity contribution >= 4 is 23.8 Å². The van der Waals surface area contributed by atoms with Gasteiger partial charge in [0.15, 0.2) is 0 Å². The van der Waals surface area contributed by atoms with Gasteiger partial charge in [-0.25, -0.2) is 9.59 Å². The van der Waals surface area contributed by atoms with Crippen LogP contribution in [0.1, 0.15) is 20.8 Å². The van der Waals surface area contributed by atoms with Crippen LogP contribution in [-0.4, -0.2) is 46.5 Å². The maximum Gasteiger partial charge on any atom is 0.408 e. The highest BCUT2D eigenvalue weighted by Crippen LogP contribution is 2.21. The van der Waals surface area contributed by atoms with Crippen molar-refractivity contribution in [2.24, 2.45) is 0 Å². The van der Waals surface area contributed by atoms with Gasteiger partial charge < -0.3 is 15.2 Å². The molecule has 19 heavy (non-hydrogen) atoms. The summed E-state index contributed by atoms with van der Waals surface area (Å²) in [4.78, 5) is 22.1. The van der Waals surface area contributed by atoms with Gasteiger partial charge in [0.25, 0.3) is 0 Å². The molecule has 2 N–H and O–H groups in total. The first-order valence-corrected chi connectivity index (χ1v) is 6.43. The highest BCUT2D eigenvalue weighted by Gasteiger charge is 2.29. The van der Waals surface area contributed by atoms with Crippen LogP contribution in [0, 0.1) is 0 Å². The predicted octanol–water partition coefficient (Wildman–Crippen LogP) is 2.26. The van der Waals surface area contributed by atoms with Gasteiger partial charge in [-0.3, -0.25) is 0 Å². The van der Waals surface area contributed by atoms with Gasteiger partial charge in [0.05, 0.1) is 5.75 Å². The van der Waals surface area contributed by atoms with E-state index >= 15 is 0 Å². The van der Waals surface area contributed by atoms with Crippen LogP contribution < -0.4 is 5.32 Å². The van der Waals surface area contributed by atoms with Crippen molar-refractivity contribution in [2.45, 2.75) is 38.6 Å². The van der Waals surface area contributed by atoms with Crippen molar-refractivity contribution in [2.75, 3.05) is 11.5 Å². The normalized spacial score (nSPS) is 13.8. The maximum absolute atomic E-state index is 11.9. The van der Waals surface area contributed by atoms with Crippen LogP contribution in [0.2, 0.25) is 0 Å². The Morgan fingerprint density at radius 1 is 1.32 bits per heavy atom. The lowest BCUT2D eigenvalue weighted by Gasteiger charge is -2.21. The Kier molecular flexibility index (Phi) is 6.47. The summed E-state index contributed by atoms with van der Waals surface area (Å²) in [6, 6.07) is -1.43. The number of hydrogen-bond donors (Lipinski definition) is 2. The van der Waals surface area contributed by atoms with Gasteiger partial charge in [-0.2, -0.15) is 13.2 Å². The average molecular weight is 303 g/mol. The minimum absolute atomic E-state index is 0.380. The fourth-order valence-corrected chi connectivity index (χ4v) is 1.73. The summed E-state index contributed by atoms with van der Waals surface area (Å²) in [5.74, 6) is -2.98. The Balaban J connectivity index is 4.28. The van der Waals surface area contributed by atoms with E-state index < -0.39 is 41.4 Å². The third-order valence-corrected chi connectivity index (χ3v) is 2.64. The van der Waals surface area contributed by atoms with Gasteiger partial charge in [-0.1, -0.05) is 0 Å². The van der Waals surface area contributed by atoms with Crippen molar-refractivity contribution in [3.05, 3.63) is 0 Å². The van der Waals surface area contributed by atoms with Crippen LogP contribution >= 0.6 is 11.8 Å². The molecule has 0 radical (unpaired) electrons. The molecule has 1 atom stereocenters. The number of aliphatic carboxylic acids is 1. The van der Waals surface area contributed by atoms with E-state index in [0.717, 1.165) is 0 Å². The van der Waals surface area contributed by atoms with E-state index in [4.69, 9.17) is 9.84 Å².